The van der Waals surface area contributed by atoms with E-state index in [1.165, 1.54) is 4.90 Å². The number of aryl methyl sites for hydroxylation is 1. The summed E-state index contributed by atoms with van der Waals surface area (Å²) in [7, 11) is 0. The van der Waals surface area contributed by atoms with Gasteiger partial charge in [-0.05, 0) is 56.5 Å². The zero-order valence-corrected chi connectivity index (χ0v) is 15.9. The summed E-state index contributed by atoms with van der Waals surface area (Å²) < 4.78 is 0. The van der Waals surface area contributed by atoms with E-state index in [1.807, 2.05) is 26.0 Å². The maximum absolute atomic E-state index is 12.5. The van der Waals surface area contributed by atoms with E-state index in [2.05, 4.69) is 15.6 Å². The van der Waals surface area contributed by atoms with Crippen molar-refractivity contribution in [3.63, 3.8) is 0 Å². The summed E-state index contributed by atoms with van der Waals surface area (Å²) in [6, 6.07) is 8.25. The number of anilines is 1. The number of carbonyl (C=O) groups excluding carboxylic acids is 3. The summed E-state index contributed by atoms with van der Waals surface area (Å²) in [5.41, 5.74) is 3.26. The first-order valence-corrected chi connectivity index (χ1v) is 9.44. The molecule has 0 saturated heterocycles. The van der Waals surface area contributed by atoms with Crippen molar-refractivity contribution in [2.24, 2.45) is 0 Å². The molecular formula is C21H22N4O3. The number of aromatic nitrogens is 1. The Hall–Kier alpha value is -3.22. The van der Waals surface area contributed by atoms with Crippen molar-refractivity contribution in [2.75, 3.05) is 5.32 Å². The van der Waals surface area contributed by atoms with Crippen molar-refractivity contribution in [1.82, 2.24) is 15.2 Å². The summed E-state index contributed by atoms with van der Waals surface area (Å²) >= 11 is 0. The van der Waals surface area contributed by atoms with Gasteiger partial charge in [0.2, 0.25) is 0 Å². The van der Waals surface area contributed by atoms with E-state index in [0.29, 0.717) is 23.2 Å². The minimum atomic E-state index is -0.364. The summed E-state index contributed by atoms with van der Waals surface area (Å²) in [5.74, 6) is -0.511. The number of nitrogens with zero attached hydrogens (tertiary/aromatic N) is 2. The van der Waals surface area contributed by atoms with Crippen LogP contribution in [-0.4, -0.2) is 39.8 Å². The van der Waals surface area contributed by atoms with Crippen LogP contribution in [0.3, 0.4) is 0 Å². The molecular weight excluding hydrogens is 356 g/mol. The highest BCUT2D eigenvalue weighted by atomic mass is 16.2. The summed E-state index contributed by atoms with van der Waals surface area (Å²) in [5, 5.41) is 5.62. The minimum Gasteiger partial charge on any atom is -0.335 e. The van der Waals surface area contributed by atoms with Crippen molar-refractivity contribution < 1.29 is 14.4 Å². The number of hydrogen-bond donors (Lipinski definition) is 2. The molecule has 2 aromatic rings. The molecule has 7 nitrogen and oxygen atoms in total. The van der Waals surface area contributed by atoms with Crippen LogP contribution in [0.15, 0.2) is 36.5 Å². The molecule has 1 saturated carbocycles. The first-order chi connectivity index (χ1) is 13.4. The van der Waals surface area contributed by atoms with Gasteiger partial charge < -0.3 is 10.6 Å². The van der Waals surface area contributed by atoms with Gasteiger partial charge in [0, 0.05) is 36.1 Å². The number of urea groups is 1. The molecule has 2 aliphatic rings. The van der Waals surface area contributed by atoms with Crippen molar-refractivity contribution in [3.05, 3.63) is 58.9 Å². The van der Waals surface area contributed by atoms with Crippen LogP contribution >= 0.6 is 0 Å². The van der Waals surface area contributed by atoms with E-state index >= 15 is 0 Å². The Morgan fingerprint density at radius 1 is 1.21 bits per heavy atom. The molecule has 0 unspecified atom stereocenters. The van der Waals surface area contributed by atoms with E-state index in [0.717, 1.165) is 24.1 Å². The minimum absolute atomic E-state index is 0.0306. The molecule has 144 valence electrons. The van der Waals surface area contributed by atoms with Crippen LogP contribution in [0.1, 0.15) is 51.7 Å². The van der Waals surface area contributed by atoms with E-state index in [1.54, 1.807) is 24.4 Å². The van der Waals surface area contributed by atoms with Gasteiger partial charge in [-0.15, -0.1) is 0 Å². The molecule has 1 aromatic heterocycles. The average molecular weight is 378 g/mol. The molecule has 1 aromatic carbocycles. The number of benzene rings is 1. The van der Waals surface area contributed by atoms with E-state index in [9.17, 15) is 14.4 Å². The third-order valence-corrected chi connectivity index (χ3v) is 5.08. The molecule has 1 aliphatic heterocycles. The second kappa shape index (κ2) is 7.07. The van der Waals surface area contributed by atoms with Gasteiger partial charge in [0.05, 0.1) is 11.1 Å². The fourth-order valence-electron chi connectivity index (χ4n) is 3.47. The van der Waals surface area contributed by atoms with Gasteiger partial charge in [0.15, 0.2) is 0 Å². The maximum Gasteiger partial charge on any atom is 0.319 e. The van der Waals surface area contributed by atoms with Gasteiger partial charge in [0.1, 0.15) is 0 Å². The molecule has 1 aliphatic carbocycles. The zero-order chi connectivity index (χ0) is 19.8. The Kier molecular flexibility index (Phi) is 4.58. The first-order valence-electron chi connectivity index (χ1n) is 9.44. The fraction of sp³-hybridized carbons (Fsp3) is 0.333. The van der Waals surface area contributed by atoms with Gasteiger partial charge >= 0.3 is 6.03 Å². The topological polar surface area (TPSA) is 91.4 Å². The lowest BCUT2D eigenvalue weighted by Gasteiger charge is -2.15. The van der Waals surface area contributed by atoms with Crippen molar-refractivity contribution in [1.29, 1.82) is 0 Å². The van der Waals surface area contributed by atoms with Gasteiger partial charge in [-0.1, -0.05) is 6.07 Å². The van der Waals surface area contributed by atoms with Crippen LogP contribution < -0.4 is 10.6 Å². The van der Waals surface area contributed by atoms with Crippen LogP contribution in [0.25, 0.3) is 0 Å². The van der Waals surface area contributed by atoms with E-state index < -0.39 is 0 Å². The molecule has 2 heterocycles. The van der Waals surface area contributed by atoms with Crippen molar-refractivity contribution >= 4 is 23.5 Å². The van der Waals surface area contributed by atoms with Crippen LogP contribution in [0, 0.1) is 6.92 Å². The number of hydrogen-bond acceptors (Lipinski definition) is 4. The standard InChI is InChI=1S/C21H22N4O3/c1-12-4-3-9-22-18(12)10-13(2)23-21(28)24-14-5-8-16-17(11-14)20(27)25(19(16)26)15-6-7-15/h3-5,8-9,11,13,15H,6-7,10H2,1-2H3,(H2,23,24,28)/t13-/m0/s1. The monoisotopic (exact) mass is 378 g/mol. The maximum atomic E-state index is 12.5. The third kappa shape index (κ3) is 3.47. The summed E-state index contributed by atoms with van der Waals surface area (Å²) in [6.07, 6.45) is 4.09. The number of imide groups is 1. The second-order valence-corrected chi connectivity index (χ2v) is 7.44. The third-order valence-electron chi connectivity index (χ3n) is 5.08. The molecule has 0 bridgehead atoms. The smallest absolute Gasteiger partial charge is 0.319 e. The molecule has 4 amide bonds. The lowest BCUT2D eigenvalue weighted by Crippen LogP contribution is -2.37. The molecule has 28 heavy (non-hydrogen) atoms. The number of pyridine rings is 1. The van der Waals surface area contributed by atoms with Crippen molar-refractivity contribution in [3.8, 4) is 0 Å². The predicted molar refractivity (Wildman–Crippen MR) is 104 cm³/mol. The summed E-state index contributed by atoms with van der Waals surface area (Å²) in [6.45, 7) is 3.90. The molecule has 1 fully saturated rings. The summed E-state index contributed by atoms with van der Waals surface area (Å²) in [4.78, 5) is 42.9. The van der Waals surface area contributed by atoms with Gasteiger partial charge in [-0.3, -0.25) is 19.5 Å². The molecule has 4 rings (SSSR count). The van der Waals surface area contributed by atoms with Gasteiger partial charge in [-0.2, -0.15) is 0 Å². The second-order valence-electron chi connectivity index (χ2n) is 7.44. The Balaban J connectivity index is 1.40. The normalized spacial score (nSPS) is 16.7. The van der Waals surface area contributed by atoms with E-state index in [-0.39, 0.29) is 29.9 Å². The number of nitrogens with one attached hydrogen (secondary N) is 2. The molecule has 1 atom stereocenters. The van der Waals surface area contributed by atoms with Gasteiger partial charge in [-0.25, -0.2) is 4.79 Å². The Bertz CT molecular complexity index is 968. The Morgan fingerprint density at radius 2 is 1.96 bits per heavy atom. The van der Waals surface area contributed by atoms with Crippen LogP contribution in [-0.2, 0) is 6.42 Å². The number of carbonyl (C=O) groups is 3. The van der Waals surface area contributed by atoms with E-state index in [4.69, 9.17) is 0 Å². The Labute approximate surface area is 163 Å². The SMILES string of the molecule is Cc1cccnc1C[C@H](C)NC(=O)Nc1ccc2c(c1)C(=O)N(C1CC1)C2=O. The number of fused-ring (bicyclic) bond motifs is 1. The zero-order valence-electron chi connectivity index (χ0n) is 15.9. The molecule has 2 N–H and O–H groups in total. The molecule has 0 spiro atoms. The lowest BCUT2D eigenvalue weighted by molar-refractivity contribution is 0.0642. The largest absolute Gasteiger partial charge is 0.335 e. The highest BCUT2D eigenvalue weighted by molar-refractivity contribution is 6.22. The van der Waals surface area contributed by atoms with Gasteiger partial charge in [0.25, 0.3) is 11.8 Å². The molecule has 7 heteroatoms. The number of amides is 4. The van der Waals surface area contributed by atoms with Crippen LogP contribution in [0.2, 0.25) is 0 Å². The highest BCUT2D eigenvalue weighted by Crippen LogP contribution is 2.35. The van der Waals surface area contributed by atoms with Crippen LogP contribution in [0.4, 0.5) is 10.5 Å². The Morgan fingerprint density at radius 3 is 2.68 bits per heavy atom. The fourth-order valence-corrected chi connectivity index (χ4v) is 3.47. The lowest BCUT2D eigenvalue weighted by atomic mass is 10.1. The molecule has 0 radical (unpaired) electrons. The average Bonchev–Trinajstić information content (AvgIpc) is 3.44. The number of rotatable bonds is 5. The predicted octanol–water partition coefficient (Wildman–Crippen LogP) is 2.90. The quantitative estimate of drug-likeness (QED) is 0.783. The first kappa shape index (κ1) is 18.2. The highest BCUT2D eigenvalue weighted by Gasteiger charge is 2.44. The van der Waals surface area contributed by atoms with Crippen LogP contribution in [0.5, 0.6) is 0 Å². The van der Waals surface area contributed by atoms with Crippen molar-refractivity contribution in [2.45, 2.75) is 45.2 Å².